The Kier molecular flexibility index (Phi) is 3.92. The van der Waals surface area contributed by atoms with Crippen molar-refractivity contribution in [3.63, 3.8) is 0 Å². The van der Waals surface area contributed by atoms with Crippen molar-refractivity contribution in [1.29, 1.82) is 0 Å². The molecule has 0 aliphatic rings. The Labute approximate surface area is 132 Å². The summed E-state index contributed by atoms with van der Waals surface area (Å²) in [6.07, 6.45) is 3.22. The van der Waals surface area contributed by atoms with Crippen LogP contribution in [-0.4, -0.2) is 21.9 Å². The normalized spacial score (nSPS) is 10.9. The lowest BCUT2D eigenvalue weighted by molar-refractivity contribution is -0.385. The topological polar surface area (TPSA) is 85.3 Å². The highest BCUT2D eigenvalue weighted by Crippen LogP contribution is 2.28. The molecular weight excluding hydrogens is 296 g/mol. The van der Waals surface area contributed by atoms with E-state index in [2.05, 4.69) is 9.97 Å². The summed E-state index contributed by atoms with van der Waals surface area (Å²) in [6, 6.07) is 7.89. The summed E-state index contributed by atoms with van der Waals surface area (Å²) in [7, 11) is 1.85. The molecule has 3 aromatic rings. The molecule has 0 N–H and O–H groups in total. The number of nitro groups is 1. The van der Waals surface area contributed by atoms with E-state index in [1.54, 1.807) is 0 Å². The molecule has 3 rings (SSSR count). The van der Waals surface area contributed by atoms with E-state index >= 15 is 0 Å². The van der Waals surface area contributed by atoms with Crippen LogP contribution in [0.25, 0.3) is 11.0 Å². The largest absolute Gasteiger partial charge is 0.461 e. The molecule has 0 unspecified atom stereocenters. The van der Waals surface area contributed by atoms with Gasteiger partial charge < -0.3 is 9.32 Å². The quantitative estimate of drug-likeness (QED) is 0.530. The number of aryl methyl sites for hydroxylation is 1. The maximum Gasteiger partial charge on any atom is 0.305 e. The predicted molar refractivity (Wildman–Crippen MR) is 86.4 cm³/mol. The highest BCUT2D eigenvalue weighted by molar-refractivity contribution is 5.82. The number of benzene rings is 1. The minimum atomic E-state index is -0.511. The number of para-hydroxylation sites is 1. The average Bonchev–Trinajstić information content (AvgIpc) is 2.93. The number of anilines is 1. The summed E-state index contributed by atoms with van der Waals surface area (Å²) in [6.45, 7) is 2.61. The summed E-state index contributed by atoms with van der Waals surface area (Å²) in [4.78, 5) is 20.1. The van der Waals surface area contributed by atoms with Gasteiger partial charge in [-0.25, -0.2) is 9.97 Å². The van der Waals surface area contributed by atoms with Crippen LogP contribution in [-0.2, 0) is 13.0 Å². The van der Waals surface area contributed by atoms with E-state index in [-0.39, 0.29) is 5.69 Å². The van der Waals surface area contributed by atoms with Crippen LogP contribution in [0, 0.1) is 10.1 Å². The second kappa shape index (κ2) is 6.04. The molecule has 0 bridgehead atoms. The highest BCUT2D eigenvalue weighted by atomic mass is 16.6. The zero-order valence-electron chi connectivity index (χ0n) is 12.9. The van der Waals surface area contributed by atoms with Gasteiger partial charge in [0.2, 0.25) is 5.95 Å². The Morgan fingerprint density at radius 1 is 1.26 bits per heavy atom. The van der Waals surface area contributed by atoms with Crippen LogP contribution in [0.15, 0.2) is 41.1 Å². The van der Waals surface area contributed by atoms with E-state index in [1.165, 1.54) is 12.4 Å². The Morgan fingerprint density at radius 2 is 1.96 bits per heavy atom. The zero-order chi connectivity index (χ0) is 16.4. The van der Waals surface area contributed by atoms with Gasteiger partial charge in [-0.15, -0.1) is 0 Å². The number of furan rings is 1. The van der Waals surface area contributed by atoms with E-state index in [4.69, 9.17) is 4.42 Å². The lowest BCUT2D eigenvalue weighted by Crippen LogP contribution is -2.19. The molecule has 23 heavy (non-hydrogen) atoms. The monoisotopic (exact) mass is 312 g/mol. The molecule has 2 aromatic heterocycles. The molecule has 2 heterocycles. The second-order valence-corrected chi connectivity index (χ2v) is 5.21. The fraction of sp³-hybridized carbons (Fsp3) is 0.250. The maximum atomic E-state index is 10.7. The van der Waals surface area contributed by atoms with Crippen molar-refractivity contribution in [2.75, 3.05) is 11.9 Å². The molecule has 0 aliphatic heterocycles. The van der Waals surface area contributed by atoms with Crippen LogP contribution in [0.1, 0.15) is 18.2 Å². The second-order valence-electron chi connectivity index (χ2n) is 5.21. The van der Waals surface area contributed by atoms with Crippen LogP contribution in [0.5, 0.6) is 0 Å². The first-order valence-electron chi connectivity index (χ1n) is 7.27. The first kappa shape index (κ1) is 15.0. The van der Waals surface area contributed by atoms with Gasteiger partial charge in [0, 0.05) is 31.0 Å². The fourth-order valence-electron chi connectivity index (χ4n) is 2.52. The lowest BCUT2D eigenvalue weighted by Gasteiger charge is -2.16. The van der Waals surface area contributed by atoms with Gasteiger partial charge in [-0.05, 0) is 6.07 Å². The van der Waals surface area contributed by atoms with Crippen molar-refractivity contribution >= 4 is 22.6 Å². The van der Waals surface area contributed by atoms with Gasteiger partial charge in [-0.2, -0.15) is 0 Å². The number of rotatable bonds is 5. The fourth-order valence-corrected chi connectivity index (χ4v) is 2.52. The lowest BCUT2D eigenvalue weighted by atomic mass is 10.1. The molecular formula is C16H16N4O3. The number of hydrogen-bond donors (Lipinski definition) is 0. The molecule has 0 fully saturated rings. The molecule has 118 valence electrons. The molecule has 0 atom stereocenters. The molecule has 7 nitrogen and oxygen atoms in total. The van der Waals surface area contributed by atoms with E-state index in [0.29, 0.717) is 12.5 Å². The predicted octanol–water partition coefficient (Wildman–Crippen LogP) is 3.33. The van der Waals surface area contributed by atoms with Crippen molar-refractivity contribution in [2.24, 2.45) is 0 Å². The van der Waals surface area contributed by atoms with Crippen molar-refractivity contribution in [1.82, 2.24) is 9.97 Å². The maximum absolute atomic E-state index is 10.7. The number of hydrogen-bond acceptors (Lipinski definition) is 6. The van der Waals surface area contributed by atoms with E-state index in [1.807, 2.05) is 43.1 Å². The Morgan fingerprint density at radius 3 is 2.61 bits per heavy atom. The van der Waals surface area contributed by atoms with E-state index < -0.39 is 4.92 Å². The van der Waals surface area contributed by atoms with Crippen LogP contribution in [0.4, 0.5) is 11.6 Å². The third kappa shape index (κ3) is 2.85. The summed E-state index contributed by atoms with van der Waals surface area (Å²) in [5.74, 6) is 1.36. The molecule has 1 aromatic carbocycles. The summed E-state index contributed by atoms with van der Waals surface area (Å²) in [5.41, 5.74) is 1.83. The first-order chi connectivity index (χ1) is 11.1. The number of aromatic nitrogens is 2. The van der Waals surface area contributed by atoms with Crippen LogP contribution >= 0.6 is 0 Å². The van der Waals surface area contributed by atoms with Crippen molar-refractivity contribution in [3.05, 3.63) is 58.1 Å². The van der Waals surface area contributed by atoms with Crippen molar-refractivity contribution in [3.8, 4) is 0 Å². The zero-order valence-corrected chi connectivity index (χ0v) is 12.9. The van der Waals surface area contributed by atoms with E-state index in [9.17, 15) is 10.1 Å². The Bertz CT molecular complexity index is 842. The molecule has 0 saturated carbocycles. The molecule has 0 spiro atoms. The van der Waals surface area contributed by atoms with Gasteiger partial charge in [0.1, 0.15) is 23.7 Å². The average molecular weight is 312 g/mol. The first-order valence-corrected chi connectivity index (χ1v) is 7.27. The van der Waals surface area contributed by atoms with Crippen molar-refractivity contribution < 1.29 is 9.34 Å². The van der Waals surface area contributed by atoms with Gasteiger partial charge in [0.15, 0.2) is 0 Å². The highest BCUT2D eigenvalue weighted by Gasteiger charge is 2.16. The van der Waals surface area contributed by atoms with E-state index in [0.717, 1.165) is 28.7 Å². The molecule has 0 saturated heterocycles. The number of nitrogens with zero attached hydrogens (tertiary/aromatic N) is 4. The summed E-state index contributed by atoms with van der Waals surface area (Å²) in [5, 5.41) is 11.7. The summed E-state index contributed by atoms with van der Waals surface area (Å²) >= 11 is 0. The van der Waals surface area contributed by atoms with Crippen LogP contribution in [0.3, 0.4) is 0 Å². The molecule has 0 radical (unpaired) electrons. The number of fused-ring (bicyclic) bond motifs is 1. The smallest absolute Gasteiger partial charge is 0.305 e. The molecule has 0 aliphatic carbocycles. The molecule has 7 heteroatoms. The van der Waals surface area contributed by atoms with Gasteiger partial charge >= 0.3 is 5.69 Å². The van der Waals surface area contributed by atoms with Gasteiger partial charge in [0.25, 0.3) is 0 Å². The minimum absolute atomic E-state index is 0.120. The third-order valence-electron chi connectivity index (χ3n) is 3.68. The standard InChI is InChI=1S/C16H16N4O3/c1-3-14-13(12-6-4-5-7-15(12)23-14)10-19(2)16-17-8-11(9-18-16)20(21)22/h4-9H,3,10H2,1-2H3. The third-order valence-corrected chi connectivity index (χ3v) is 3.68. The van der Waals surface area contributed by atoms with Crippen molar-refractivity contribution in [2.45, 2.75) is 19.9 Å². The van der Waals surface area contributed by atoms with Gasteiger partial charge in [-0.1, -0.05) is 25.1 Å². The Hall–Kier alpha value is -2.96. The Balaban J connectivity index is 1.90. The minimum Gasteiger partial charge on any atom is -0.461 e. The van der Waals surface area contributed by atoms with Gasteiger partial charge in [-0.3, -0.25) is 10.1 Å². The SMILES string of the molecule is CCc1oc2ccccc2c1CN(C)c1ncc([N+](=O)[O-])cn1. The van der Waals surface area contributed by atoms with Crippen LogP contribution in [0.2, 0.25) is 0 Å². The summed E-state index contributed by atoms with van der Waals surface area (Å²) < 4.78 is 5.88. The molecule has 0 amide bonds. The van der Waals surface area contributed by atoms with Gasteiger partial charge in [0.05, 0.1) is 4.92 Å². The van der Waals surface area contributed by atoms with Crippen LogP contribution < -0.4 is 4.90 Å².